The SMILES string of the molecule is CCOc1ccc(S(=O)(=O)N2CCC3(CC2)C(=O)N(C)C(=O)N3C)cc1. The van der Waals surface area contributed by atoms with Crippen molar-refractivity contribution in [1.29, 1.82) is 0 Å². The highest BCUT2D eigenvalue weighted by Gasteiger charge is 2.56. The van der Waals surface area contributed by atoms with Crippen molar-refractivity contribution >= 4 is 22.0 Å². The largest absolute Gasteiger partial charge is 0.494 e. The van der Waals surface area contributed by atoms with Gasteiger partial charge in [0.1, 0.15) is 11.3 Å². The number of hydrogen-bond donors (Lipinski definition) is 0. The number of carbonyl (C=O) groups excluding carboxylic acids is 2. The number of rotatable bonds is 4. The number of imide groups is 1. The summed E-state index contributed by atoms with van der Waals surface area (Å²) in [6, 6.07) is 5.95. The topological polar surface area (TPSA) is 87.2 Å². The monoisotopic (exact) mass is 381 g/mol. The van der Waals surface area contributed by atoms with Crippen LogP contribution >= 0.6 is 0 Å². The number of amides is 3. The van der Waals surface area contributed by atoms with E-state index < -0.39 is 15.6 Å². The molecule has 1 aromatic rings. The summed E-state index contributed by atoms with van der Waals surface area (Å²) in [7, 11) is -0.598. The van der Waals surface area contributed by atoms with Gasteiger partial charge in [-0.2, -0.15) is 4.31 Å². The van der Waals surface area contributed by atoms with E-state index in [9.17, 15) is 18.0 Å². The van der Waals surface area contributed by atoms with Crippen molar-refractivity contribution in [3.8, 4) is 5.75 Å². The summed E-state index contributed by atoms with van der Waals surface area (Å²) in [5.74, 6) is 0.354. The second kappa shape index (κ2) is 6.55. The zero-order valence-corrected chi connectivity index (χ0v) is 16.0. The Balaban J connectivity index is 1.77. The summed E-state index contributed by atoms with van der Waals surface area (Å²) < 4.78 is 32.4. The first-order valence-electron chi connectivity index (χ1n) is 8.53. The van der Waals surface area contributed by atoms with Gasteiger partial charge in [-0.1, -0.05) is 0 Å². The average Bonchev–Trinajstić information content (AvgIpc) is 2.79. The van der Waals surface area contributed by atoms with E-state index in [0.29, 0.717) is 12.4 Å². The molecule has 1 spiro atoms. The van der Waals surface area contributed by atoms with Crippen LogP contribution in [0.15, 0.2) is 29.2 Å². The summed E-state index contributed by atoms with van der Waals surface area (Å²) in [6.45, 7) is 2.74. The van der Waals surface area contributed by atoms with Gasteiger partial charge in [0.05, 0.1) is 11.5 Å². The van der Waals surface area contributed by atoms with Gasteiger partial charge in [0.15, 0.2) is 0 Å². The van der Waals surface area contributed by atoms with Crippen molar-refractivity contribution in [2.45, 2.75) is 30.2 Å². The Morgan fingerprint density at radius 3 is 2.12 bits per heavy atom. The molecule has 0 saturated carbocycles. The van der Waals surface area contributed by atoms with Gasteiger partial charge in [0, 0.05) is 27.2 Å². The molecule has 142 valence electrons. The van der Waals surface area contributed by atoms with Crippen molar-refractivity contribution in [1.82, 2.24) is 14.1 Å². The number of piperidine rings is 1. The Morgan fingerprint density at radius 2 is 1.65 bits per heavy atom. The quantitative estimate of drug-likeness (QED) is 0.730. The predicted octanol–water partition coefficient (Wildman–Crippen LogP) is 1.13. The minimum Gasteiger partial charge on any atom is -0.494 e. The van der Waals surface area contributed by atoms with E-state index in [-0.39, 0.29) is 42.8 Å². The number of carbonyl (C=O) groups is 2. The summed E-state index contributed by atoms with van der Waals surface area (Å²) in [4.78, 5) is 27.3. The first-order valence-corrected chi connectivity index (χ1v) is 9.97. The van der Waals surface area contributed by atoms with Crippen molar-refractivity contribution in [2.75, 3.05) is 33.8 Å². The zero-order valence-electron chi connectivity index (χ0n) is 15.1. The molecule has 8 nitrogen and oxygen atoms in total. The molecule has 2 aliphatic heterocycles. The number of nitrogens with zero attached hydrogens (tertiary/aromatic N) is 3. The van der Waals surface area contributed by atoms with E-state index in [1.807, 2.05) is 6.92 Å². The maximum absolute atomic E-state index is 12.9. The molecule has 2 heterocycles. The van der Waals surface area contributed by atoms with E-state index in [1.165, 1.54) is 28.4 Å². The predicted molar refractivity (Wildman–Crippen MR) is 94.3 cm³/mol. The maximum Gasteiger partial charge on any atom is 0.327 e. The standard InChI is InChI=1S/C17H23N3O5S/c1-4-25-13-5-7-14(8-6-13)26(23,24)20-11-9-17(10-12-20)15(21)18(2)16(22)19(17)3/h5-8H,4,9-12H2,1-3H3. The van der Waals surface area contributed by atoms with Crippen molar-refractivity contribution in [3.05, 3.63) is 24.3 Å². The van der Waals surface area contributed by atoms with Crippen molar-refractivity contribution in [2.24, 2.45) is 0 Å². The Hall–Kier alpha value is -2.13. The Bertz CT molecular complexity index is 813. The van der Waals surface area contributed by atoms with Crippen LogP contribution in [0.2, 0.25) is 0 Å². The maximum atomic E-state index is 12.9. The van der Waals surface area contributed by atoms with E-state index >= 15 is 0 Å². The summed E-state index contributed by atoms with van der Waals surface area (Å²) in [6.07, 6.45) is 0.573. The lowest BCUT2D eigenvalue weighted by atomic mass is 9.87. The molecular weight excluding hydrogens is 358 g/mol. The van der Waals surface area contributed by atoms with E-state index in [0.717, 1.165) is 4.90 Å². The van der Waals surface area contributed by atoms with Crippen molar-refractivity contribution < 1.29 is 22.7 Å². The van der Waals surface area contributed by atoms with Crippen LogP contribution in [-0.4, -0.2) is 73.8 Å². The van der Waals surface area contributed by atoms with Gasteiger partial charge < -0.3 is 9.64 Å². The second-order valence-electron chi connectivity index (χ2n) is 6.55. The van der Waals surface area contributed by atoms with Gasteiger partial charge in [-0.05, 0) is 44.0 Å². The molecule has 1 aromatic carbocycles. The summed E-state index contributed by atoms with van der Waals surface area (Å²) >= 11 is 0. The zero-order chi connectivity index (χ0) is 19.1. The fourth-order valence-electron chi connectivity index (χ4n) is 3.62. The first kappa shape index (κ1) is 18.7. The number of hydrogen-bond acceptors (Lipinski definition) is 5. The van der Waals surface area contributed by atoms with Crippen LogP contribution in [0.1, 0.15) is 19.8 Å². The summed E-state index contributed by atoms with van der Waals surface area (Å²) in [5, 5.41) is 0. The number of sulfonamides is 1. The molecule has 0 atom stereocenters. The third kappa shape index (κ3) is 2.75. The van der Waals surface area contributed by atoms with Crippen LogP contribution in [0.25, 0.3) is 0 Å². The lowest BCUT2D eigenvalue weighted by Gasteiger charge is -2.40. The molecule has 9 heteroatoms. The fraction of sp³-hybridized carbons (Fsp3) is 0.529. The minimum absolute atomic E-state index is 0.187. The lowest BCUT2D eigenvalue weighted by Crippen LogP contribution is -2.56. The Labute approximate surface area is 153 Å². The van der Waals surface area contributed by atoms with Gasteiger partial charge >= 0.3 is 6.03 Å². The number of likely N-dealkylation sites (N-methyl/N-ethyl adjacent to an activating group) is 2. The highest BCUT2D eigenvalue weighted by Crippen LogP contribution is 2.36. The van der Waals surface area contributed by atoms with Crippen LogP contribution in [0, 0.1) is 0 Å². The fourth-order valence-corrected chi connectivity index (χ4v) is 5.06. The molecule has 0 radical (unpaired) electrons. The highest BCUT2D eigenvalue weighted by molar-refractivity contribution is 7.89. The molecule has 2 saturated heterocycles. The van der Waals surface area contributed by atoms with Gasteiger partial charge in [0.2, 0.25) is 10.0 Å². The minimum atomic E-state index is -3.65. The Morgan fingerprint density at radius 1 is 1.08 bits per heavy atom. The molecule has 0 bridgehead atoms. The van der Waals surface area contributed by atoms with Crippen LogP contribution in [0.5, 0.6) is 5.75 Å². The highest BCUT2D eigenvalue weighted by atomic mass is 32.2. The van der Waals surface area contributed by atoms with Crippen LogP contribution in [-0.2, 0) is 14.8 Å². The molecule has 3 amide bonds. The first-order chi connectivity index (χ1) is 12.2. The van der Waals surface area contributed by atoms with E-state index in [2.05, 4.69) is 0 Å². The Kier molecular flexibility index (Phi) is 4.70. The van der Waals surface area contributed by atoms with Gasteiger partial charge in [-0.3, -0.25) is 9.69 Å². The molecule has 0 N–H and O–H groups in total. The second-order valence-corrected chi connectivity index (χ2v) is 8.48. The van der Waals surface area contributed by atoms with E-state index in [4.69, 9.17) is 4.74 Å². The molecular formula is C17H23N3O5S. The lowest BCUT2D eigenvalue weighted by molar-refractivity contribution is -0.133. The summed E-state index contributed by atoms with van der Waals surface area (Å²) in [5.41, 5.74) is -0.934. The van der Waals surface area contributed by atoms with Gasteiger partial charge in [-0.15, -0.1) is 0 Å². The van der Waals surface area contributed by atoms with E-state index in [1.54, 1.807) is 19.2 Å². The average molecular weight is 381 g/mol. The van der Waals surface area contributed by atoms with Crippen molar-refractivity contribution in [3.63, 3.8) is 0 Å². The number of urea groups is 1. The third-order valence-electron chi connectivity index (χ3n) is 5.24. The molecule has 2 aliphatic rings. The van der Waals surface area contributed by atoms with Crippen LogP contribution in [0.3, 0.4) is 0 Å². The smallest absolute Gasteiger partial charge is 0.327 e. The normalized spacial score (nSPS) is 20.9. The van der Waals surface area contributed by atoms with Crippen LogP contribution in [0.4, 0.5) is 4.79 Å². The molecule has 0 aliphatic carbocycles. The number of benzene rings is 1. The van der Waals surface area contributed by atoms with Crippen LogP contribution < -0.4 is 4.74 Å². The van der Waals surface area contributed by atoms with Gasteiger partial charge in [0.25, 0.3) is 5.91 Å². The molecule has 3 rings (SSSR count). The van der Waals surface area contributed by atoms with Gasteiger partial charge in [-0.25, -0.2) is 13.2 Å². The molecule has 0 aromatic heterocycles. The third-order valence-corrected chi connectivity index (χ3v) is 7.15. The molecule has 26 heavy (non-hydrogen) atoms. The molecule has 0 unspecified atom stereocenters. The molecule has 2 fully saturated rings. The number of ether oxygens (including phenoxy) is 1.